The van der Waals surface area contributed by atoms with Crippen LogP contribution in [0, 0.1) is 5.82 Å². The number of nitrogens with one attached hydrogen (secondary N) is 2. The predicted molar refractivity (Wildman–Crippen MR) is 111 cm³/mol. The lowest BCUT2D eigenvalue weighted by atomic mass is 10.0. The van der Waals surface area contributed by atoms with E-state index in [1.165, 1.54) is 4.57 Å². The Morgan fingerprint density at radius 2 is 2.13 bits per heavy atom. The largest absolute Gasteiger partial charge is 0.487 e. The molecule has 3 aromatic rings. The zero-order valence-electron chi connectivity index (χ0n) is 16.2. The Balaban J connectivity index is 1.77. The van der Waals surface area contributed by atoms with E-state index in [1.807, 2.05) is 6.07 Å². The number of hydrogen-bond donors (Lipinski definition) is 4. The molecule has 11 heteroatoms. The molecular weight excluding hydrogens is 412 g/mol. The first kappa shape index (κ1) is 20.4. The van der Waals surface area contributed by atoms with Crippen molar-refractivity contribution in [3.05, 3.63) is 52.2 Å². The Labute approximate surface area is 174 Å². The molecule has 162 valence electrons. The number of carbonyl (C=O) groups is 1. The molecule has 4 rings (SSSR count). The Kier molecular flexibility index (Phi) is 5.32. The molecule has 1 aliphatic heterocycles. The molecule has 0 bridgehead atoms. The highest BCUT2D eigenvalue weighted by molar-refractivity contribution is 6.03. The number of aromatic nitrogens is 2. The monoisotopic (exact) mass is 431 g/mol. The van der Waals surface area contributed by atoms with Gasteiger partial charge in [-0.15, -0.1) is 0 Å². The first-order chi connectivity index (χ1) is 14.9. The van der Waals surface area contributed by atoms with Crippen molar-refractivity contribution in [3.8, 4) is 5.75 Å². The average molecular weight is 431 g/mol. The second-order valence-electron chi connectivity index (χ2n) is 6.93. The van der Waals surface area contributed by atoms with Crippen molar-refractivity contribution in [2.75, 3.05) is 42.7 Å². The van der Waals surface area contributed by atoms with Crippen LogP contribution in [-0.4, -0.2) is 47.0 Å². The van der Waals surface area contributed by atoms with Crippen LogP contribution in [0.25, 0.3) is 10.9 Å². The number of ether oxygens (including phenoxy) is 1. The highest BCUT2D eigenvalue weighted by Crippen LogP contribution is 2.43. The van der Waals surface area contributed by atoms with E-state index in [-0.39, 0.29) is 35.5 Å². The van der Waals surface area contributed by atoms with Crippen LogP contribution >= 0.6 is 0 Å². The number of anilines is 3. The smallest absolute Gasteiger partial charge is 0.341 e. The van der Waals surface area contributed by atoms with Crippen molar-refractivity contribution in [1.82, 2.24) is 9.55 Å². The van der Waals surface area contributed by atoms with Gasteiger partial charge < -0.3 is 30.8 Å². The minimum atomic E-state index is -1.51. The molecule has 0 radical (unpaired) electrons. The SMILES string of the molecule is Nc1c(F)c(NCCNc2ccccn2)c2c3c1c(=O)c(C(=O)O)cn3C(CF)CO2. The standard InChI is InChI=1S/C20H19F2N5O4/c21-7-10-9-31-19-16(26-6-5-25-12-3-1-2-4-24-12)14(22)15(23)13-17(19)27(10)8-11(18(13)28)20(29)30/h1-4,8,10,26H,5-7,9,23H2,(H,24,25)(H,29,30). The summed E-state index contributed by atoms with van der Waals surface area (Å²) in [7, 11) is 0. The van der Waals surface area contributed by atoms with E-state index in [0.717, 1.165) is 6.20 Å². The molecule has 5 N–H and O–H groups in total. The summed E-state index contributed by atoms with van der Waals surface area (Å²) >= 11 is 0. The van der Waals surface area contributed by atoms with Gasteiger partial charge in [0, 0.05) is 25.5 Å². The number of benzene rings is 1. The molecule has 3 heterocycles. The highest BCUT2D eigenvalue weighted by atomic mass is 19.1. The zero-order valence-corrected chi connectivity index (χ0v) is 16.2. The van der Waals surface area contributed by atoms with Gasteiger partial charge in [0.15, 0.2) is 11.6 Å². The molecule has 2 aromatic heterocycles. The number of hydrogen-bond acceptors (Lipinski definition) is 7. The van der Waals surface area contributed by atoms with Crippen molar-refractivity contribution in [1.29, 1.82) is 0 Å². The minimum Gasteiger partial charge on any atom is -0.487 e. The normalized spacial score (nSPS) is 14.8. The number of nitrogens with zero attached hydrogens (tertiary/aromatic N) is 2. The third-order valence-corrected chi connectivity index (χ3v) is 5.02. The minimum absolute atomic E-state index is 0.0155. The number of nitrogens with two attached hydrogens (primary N) is 1. The molecule has 1 aromatic carbocycles. The Bertz CT molecular complexity index is 1220. The van der Waals surface area contributed by atoms with Gasteiger partial charge in [0.25, 0.3) is 0 Å². The third kappa shape index (κ3) is 3.47. The molecule has 0 spiro atoms. The lowest BCUT2D eigenvalue weighted by molar-refractivity contribution is 0.0694. The van der Waals surface area contributed by atoms with Crippen LogP contribution in [0.2, 0.25) is 0 Å². The fourth-order valence-corrected chi connectivity index (χ4v) is 3.54. The Morgan fingerprint density at radius 3 is 2.81 bits per heavy atom. The van der Waals surface area contributed by atoms with Gasteiger partial charge in [-0.25, -0.2) is 18.6 Å². The maximum absolute atomic E-state index is 15.1. The summed E-state index contributed by atoms with van der Waals surface area (Å²) in [5.41, 5.74) is 3.77. The Hall–Kier alpha value is -3.89. The van der Waals surface area contributed by atoms with Crippen LogP contribution in [0.3, 0.4) is 0 Å². The summed E-state index contributed by atoms with van der Waals surface area (Å²) in [6.07, 6.45) is 2.68. The van der Waals surface area contributed by atoms with Crippen LogP contribution in [0.15, 0.2) is 35.4 Å². The third-order valence-electron chi connectivity index (χ3n) is 5.02. The molecule has 31 heavy (non-hydrogen) atoms. The molecule has 1 aliphatic rings. The maximum atomic E-state index is 15.1. The summed E-state index contributed by atoms with van der Waals surface area (Å²) < 4.78 is 35.6. The molecule has 0 fully saturated rings. The average Bonchev–Trinajstić information content (AvgIpc) is 2.77. The number of pyridine rings is 2. The van der Waals surface area contributed by atoms with E-state index in [0.29, 0.717) is 12.4 Å². The van der Waals surface area contributed by atoms with Crippen molar-refractivity contribution >= 4 is 34.1 Å². The number of alkyl halides is 1. The molecular formula is C20H19F2N5O4. The Morgan fingerprint density at radius 1 is 1.35 bits per heavy atom. The van der Waals surface area contributed by atoms with Gasteiger partial charge in [-0.3, -0.25) is 4.79 Å². The number of aromatic carboxylic acids is 1. The van der Waals surface area contributed by atoms with Crippen molar-refractivity contribution in [2.24, 2.45) is 0 Å². The van der Waals surface area contributed by atoms with E-state index in [2.05, 4.69) is 15.6 Å². The summed E-state index contributed by atoms with van der Waals surface area (Å²) in [5, 5.41) is 14.9. The fraction of sp³-hybridized carbons (Fsp3) is 0.250. The maximum Gasteiger partial charge on any atom is 0.341 e. The lowest BCUT2D eigenvalue weighted by Gasteiger charge is -2.30. The highest BCUT2D eigenvalue weighted by Gasteiger charge is 2.31. The quantitative estimate of drug-likeness (QED) is 0.331. The van der Waals surface area contributed by atoms with Gasteiger partial charge in [-0.05, 0) is 12.1 Å². The summed E-state index contributed by atoms with van der Waals surface area (Å²) in [4.78, 5) is 28.3. The zero-order chi connectivity index (χ0) is 22.1. The van der Waals surface area contributed by atoms with Crippen LogP contribution in [0.5, 0.6) is 5.75 Å². The molecule has 0 saturated carbocycles. The number of nitrogen functional groups attached to an aromatic ring is 1. The van der Waals surface area contributed by atoms with Gasteiger partial charge in [-0.2, -0.15) is 0 Å². The van der Waals surface area contributed by atoms with E-state index >= 15 is 4.39 Å². The molecule has 0 amide bonds. The van der Waals surface area contributed by atoms with Crippen LogP contribution < -0.4 is 26.5 Å². The van der Waals surface area contributed by atoms with Crippen molar-refractivity contribution in [3.63, 3.8) is 0 Å². The molecule has 0 aliphatic carbocycles. The predicted octanol–water partition coefficient (Wildman–Crippen LogP) is 2.24. The second kappa shape index (κ2) is 8.09. The van der Waals surface area contributed by atoms with Gasteiger partial charge in [0.2, 0.25) is 5.43 Å². The summed E-state index contributed by atoms with van der Waals surface area (Å²) in [6, 6.07) is 4.49. The van der Waals surface area contributed by atoms with E-state index in [1.54, 1.807) is 18.3 Å². The van der Waals surface area contributed by atoms with Gasteiger partial charge in [0.1, 0.15) is 30.4 Å². The van der Waals surface area contributed by atoms with Crippen LogP contribution in [0.1, 0.15) is 16.4 Å². The van der Waals surface area contributed by atoms with Gasteiger partial charge in [-0.1, -0.05) is 6.07 Å². The van der Waals surface area contributed by atoms with E-state index in [4.69, 9.17) is 10.5 Å². The number of halogens is 2. The topological polar surface area (TPSA) is 131 Å². The van der Waals surface area contributed by atoms with Crippen LogP contribution in [-0.2, 0) is 0 Å². The summed E-state index contributed by atoms with van der Waals surface area (Å²) in [6.45, 7) is -0.403. The number of carboxylic acids is 1. The molecule has 1 atom stereocenters. The molecule has 0 saturated heterocycles. The molecule has 1 unspecified atom stereocenters. The van der Waals surface area contributed by atoms with Gasteiger partial charge >= 0.3 is 5.97 Å². The molecule has 9 nitrogen and oxygen atoms in total. The second-order valence-corrected chi connectivity index (χ2v) is 6.93. The van der Waals surface area contributed by atoms with Crippen molar-refractivity contribution < 1.29 is 23.4 Å². The first-order valence-electron chi connectivity index (χ1n) is 9.44. The summed E-state index contributed by atoms with van der Waals surface area (Å²) in [5.74, 6) is -1.83. The van der Waals surface area contributed by atoms with E-state index < -0.39 is 41.2 Å². The fourth-order valence-electron chi connectivity index (χ4n) is 3.54. The van der Waals surface area contributed by atoms with Crippen molar-refractivity contribution in [2.45, 2.75) is 6.04 Å². The lowest BCUT2D eigenvalue weighted by Crippen LogP contribution is -2.30. The first-order valence-corrected chi connectivity index (χ1v) is 9.44. The van der Waals surface area contributed by atoms with Gasteiger partial charge in [0.05, 0.1) is 22.6 Å². The van der Waals surface area contributed by atoms with Crippen LogP contribution in [0.4, 0.5) is 26.0 Å². The van der Waals surface area contributed by atoms with E-state index in [9.17, 15) is 19.1 Å². The number of rotatable bonds is 7. The number of carboxylic acid groups (broad SMARTS) is 1.